The highest BCUT2D eigenvalue weighted by Crippen LogP contribution is 2.43. The fourth-order valence-electron chi connectivity index (χ4n) is 3.16. The van der Waals surface area contributed by atoms with Crippen LogP contribution < -0.4 is 10.1 Å². The molecule has 0 heterocycles. The molecular weight excluding hydrogens is 360 g/mol. The summed E-state index contributed by atoms with van der Waals surface area (Å²) in [4.78, 5) is 0. The van der Waals surface area contributed by atoms with Crippen LogP contribution in [0.1, 0.15) is 47.9 Å². The fourth-order valence-corrected chi connectivity index (χ4v) is 3.25. The maximum atomic E-state index is 10.2. The summed E-state index contributed by atoms with van der Waals surface area (Å²) >= 11 is 6.09. The molecule has 2 aromatic carbocycles. The zero-order valence-electron chi connectivity index (χ0n) is 15.9. The van der Waals surface area contributed by atoms with Crippen molar-refractivity contribution in [3.8, 4) is 11.5 Å². The molecule has 3 rings (SSSR count). The first-order valence-corrected chi connectivity index (χ1v) is 9.47. The number of benzene rings is 2. The lowest BCUT2D eigenvalue weighted by atomic mass is 10.0. The SMILES string of the molecule is CN/C(Cl)=C(/C)C(=N)c1ccc(OCc2c(O)cccc2C2CC2)c(C)c1. The van der Waals surface area contributed by atoms with Gasteiger partial charge in [0.2, 0.25) is 0 Å². The topological polar surface area (TPSA) is 65.3 Å². The summed E-state index contributed by atoms with van der Waals surface area (Å²) in [6.07, 6.45) is 2.35. The number of phenols is 1. The zero-order chi connectivity index (χ0) is 19.6. The van der Waals surface area contributed by atoms with E-state index in [1.807, 2.05) is 38.1 Å². The van der Waals surface area contributed by atoms with Gasteiger partial charge in [-0.25, -0.2) is 0 Å². The smallest absolute Gasteiger partial charge is 0.122 e. The van der Waals surface area contributed by atoms with Crippen LogP contribution in [-0.4, -0.2) is 17.9 Å². The molecule has 2 aromatic rings. The highest BCUT2D eigenvalue weighted by molar-refractivity contribution is 6.32. The molecule has 5 heteroatoms. The Kier molecular flexibility index (Phi) is 5.76. The maximum Gasteiger partial charge on any atom is 0.122 e. The number of aromatic hydroxyl groups is 1. The van der Waals surface area contributed by atoms with Crippen LogP contribution in [0.2, 0.25) is 0 Å². The van der Waals surface area contributed by atoms with Gasteiger partial charge in [0.25, 0.3) is 0 Å². The normalized spacial score (nSPS) is 14.5. The molecule has 4 nitrogen and oxygen atoms in total. The predicted molar refractivity (Wildman–Crippen MR) is 110 cm³/mol. The van der Waals surface area contributed by atoms with Gasteiger partial charge < -0.3 is 15.2 Å². The second kappa shape index (κ2) is 8.05. The zero-order valence-corrected chi connectivity index (χ0v) is 16.7. The van der Waals surface area contributed by atoms with Crippen molar-refractivity contribution < 1.29 is 9.84 Å². The van der Waals surface area contributed by atoms with E-state index in [-0.39, 0.29) is 5.75 Å². The molecule has 1 saturated carbocycles. The van der Waals surface area contributed by atoms with Gasteiger partial charge in [-0.05, 0) is 68.0 Å². The van der Waals surface area contributed by atoms with Crippen molar-refractivity contribution in [3.05, 3.63) is 69.4 Å². The summed E-state index contributed by atoms with van der Waals surface area (Å²) in [6, 6.07) is 11.3. The van der Waals surface area contributed by atoms with Crippen molar-refractivity contribution in [1.82, 2.24) is 5.32 Å². The summed E-state index contributed by atoms with van der Waals surface area (Å²) in [5, 5.41) is 21.9. The fraction of sp³-hybridized carbons (Fsp3) is 0.318. The Labute approximate surface area is 165 Å². The third kappa shape index (κ3) is 4.28. The molecule has 142 valence electrons. The molecule has 0 bridgehead atoms. The van der Waals surface area contributed by atoms with Crippen LogP contribution in [0.4, 0.5) is 0 Å². The molecule has 3 N–H and O–H groups in total. The number of nitrogens with one attached hydrogen (secondary N) is 2. The minimum absolute atomic E-state index is 0.290. The first-order chi connectivity index (χ1) is 12.9. The second-order valence-electron chi connectivity index (χ2n) is 6.95. The lowest BCUT2D eigenvalue weighted by Crippen LogP contribution is -2.10. The number of hydrogen-bond donors (Lipinski definition) is 3. The van der Waals surface area contributed by atoms with Gasteiger partial charge in [-0.15, -0.1) is 0 Å². The van der Waals surface area contributed by atoms with Crippen LogP contribution in [0.3, 0.4) is 0 Å². The van der Waals surface area contributed by atoms with E-state index in [4.69, 9.17) is 21.7 Å². The molecule has 1 aliphatic carbocycles. The third-order valence-corrected chi connectivity index (χ3v) is 5.44. The Morgan fingerprint density at radius 3 is 2.67 bits per heavy atom. The van der Waals surface area contributed by atoms with E-state index in [0.717, 1.165) is 22.4 Å². The maximum absolute atomic E-state index is 10.2. The lowest BCUT2D eigenvalue weighted by molar-refractivity contribution is 0.295. The van der Waals surface area contributed by atoms with Crippen molar-refractivity contribution in [2.24, 2.45) is 0 Å². The second-order valence-corrected chi connectivity index (χ2v) is 7.33. The van der Waals surface area contributed by atoms with Crippen molar-refractivity contribution >= 4 is 17.3 Å². The number of phenolic OH excluding ortho intramolecular Hbond substituents is 1. The average Bonchev–Trinajstić information content (AvgIpc) is 3.51. The molecule has 0 atom stereocenters. The van der Waals surface area contributed by atoms with Gasteiger partial charge in [-0.2, -0.15) is 0 Å². The number of rotatable bonds is 7. The van der Waals surface area contributed by atoms with Crippen molar-refractivity contribution in [3.63, 3.8) is 0 Å². The Morgan fingerprint density at radius 1 is 1.30 bits per heavy atom. The van der Waals surface area contributed by atoms with Crippen LogP contribution in [0.25, 0.3) is 0 Å². The van der Waals surface area contributed by atoms with E-state index in [0.29, 0.717) is 29.0 Å². The van der Waals surface area contributed by atoms with Gasteiger partial charge in [0, 0.05) is 23.7 Å². The van der Waals surface area contributed by atoms with E-state index in [9.17, 15) is 5.11 Å². The summed E-state index contributed by atoms with van der Waals surface area (Å²) in [5.74, 6) is 1.59. The van der Waals surface area contributed by atoms with Gasteiger partial charge in [0.1, 0.15) is 23.3 Å². The Hall–Kier alpha value is -2.46. The third-order valence-electron chi connectivity index (χ3n) is 4.96. The van der Waals surface area contributed by atoms with Gasteiger partial charge >= 0.3 is 0 Å². The van der Waals surface area contributed by atoms with Gasteiger partial charge in [-0.1, -0.05) is 23.7 Å². The van der Waals surface area contributed by atoms with Crippen LogP contribution in [0, 0.1) is 12.3 Å². The number of hydrogen-bond acceptors (Lipinski definition) is 4. The van der Waals surface area contributed by atoms with Gasteiger partial charge in [0.15, 0.2) is 0 Å². The van der Waals surface area contributed by atoms with Crippen molar-refractivity contribution in [2.45, 2.75) is 39.2 Å². The Morgan fingerprint density at radius 2 is 2.04 bits per heavy atom. The molecule has 0 aromatic heterocycles. The van der Waals surface area contributed by atoms with Crippen LogP contribution in [-0.2, 0) is 6.61 Å². The van der Waals surface area contributed by atoms with E-state index in [1.165, 1.54) is 18.4 Å². The molecule has 0 unspecified atom stereocenters. The summed E-state index contributed by atoms with van der Waals surface area (Å²) in [7, 11) is 1.73. The van der Waals surface area contributed by atoms with Gasteiger partial charge in [-0.3, -0.25) is 5.41 Å². The van der Waals surface area contributed by atoms with Crippen LogP contribution in [0.15, 0.2) is 47.1 Å². The largest absolute Gasteiger partial charge is 0.508 e. The first kappa shape index (κ1) is 19.3. The Balaban J connectivity index is 1.77. The molecule has 0 saturated heterocycles. The molecule has 0 radical (unpaired) electrons. The highest BCUT2D eigenvalue weighted by Gasteiger charge is 2.27. The molecule has 27 heavy (non-hydrogen) atoms. The number of allylic oxidation sites excluding steroid dienone is 1. The molecule has 1 aliphatic rings. The van der Waals surface area contributed by atoms with Gasteiger partial charge in [0.05, 0.1) is 5.71 Å². The minimum atomic E-state index is 0.290. The van der Waals surface area contributed by atoms with Crippen molar-refractivity contribution in [2.75, 3.05) is 7.05 Å². The predicted octanol–water partition coefficient (Wildman–Crippen LogP) is 5.21. The number of ether oxygens (including phenoxy) is 1. The monoisotopic (exact) mass is 384 g/mol. The van der Waals surface area contributed by atoms with E-state index < -0.39 is 0 Å². The molecule has 0 spiro atoms. The summed E-state index contributed by atoms with van der Waals surface area (Å²) < 4.78 is 6.01. The standard InChI is InChI=1S/C22H25ClN2O2/c1-13-11-16(21(24)14(2)22(23)25-3)9-10-20(13)27-12-18-17(15-7-8-15)5-4-6-19(18)26/h4-6,9-11,15,24-26H,7-8,12H2,1-3H3/b22-14-,24-21?. The lowest BCUT2D eigenvalue weighted by Gasteiger charge is -2.15. The molecular formula is C22H25ClN2O2. The Bertz CT molecular complexity index is 901. The summed E-state index contributed by atoms with van der Waals surface area (Å²) in [5.41, 5.74) is 4.85. The molecule has 1 fully saturated rings. The molecule has 0 amide bonds. The minimum Gasteiger partial charge on any atom is -0.508 e. The first-order valence-electron chi connectivity index (χ1n) is 9.10. The highest BCUT2D eigenvalue weighted by atomic mass is 35.5. The van der Waals surface area contributed by atoms with Crippen LogP contribution >= 0.6 is 11.6 Å². The number of halogens is 1. The molecule has 0 aliphatic heterocycles. The number of aryl methyl sites for hydroxylation is 1. The van der Waals surface area contributed by atoms with E-state index in [2.05, 4.69) is 11.4 Å². The average molecular weight is 385 g/mol. The van der Waals surface area contributed by atoms with Crippen molar-refractivity contribution in [1.29, 1.82) is 5.41 Å². The van der Waals surface area contributed by atoms with E-state index >= 15 is 0 Å². The summed E-state index contributed by atoms with van der Waals surface area (Å²) in [6.45, 7) is 4.11. The quantitative estimate of drug-likeness (QED) is 0.453. The van der Waals surface area contributed by atoms with E-state index in [1.54, 1.807) is 13.1 Å². The van der Waals surface area contributed by atoms with Crippen LogP contribution in [0.5, 0.6) is 11.5 Å².